The molecule has 0 amide bonds. The van der Waals surface area contributed by atoms with E-state index in [1.165, 1.54) is 141 Å². The minimum Gasteiger partial charge on any atom is -0.462 e. The number of aliphatic hydroxyl groups is 1. The molecule has 12 heteroatoms. The molecule has 3 unspecified atom stereocenters. The summed E-state index contributed by atoms with van der Waals surface area (Å²) in [6.45, 7) is 4.56. The first-order chi connectivity index (χ1) is 36.2. The van der Waals surface area contributed by atoms with E-state index in [4.69, 9.17) is 23.3 Å². The van der Waals surface area contributed by atoms with Gasteiger partial charge in [0, 0.05) is 19.3 Å². The third kappa shape index (κ3) is 54.2. The van der Waals surface area contributed by atoms with Crippen LogP contribution in [0.5, 0.6) is 0 Å². The minimum atomic E-state index is -4.75. The standard InChI is InChI=1S/C62H113O11P/c1-4-7-10-13-16-19-22-25-28-29-32-33-36-39-42-45-48-51-60(64)69-55-59(73-62(66)53-50-47-44-41-38-35-31-27-24-21-18-15-12-9-6-3)57-71-74(67,68)70-56-58(54-63)72-61(65)52-49-46-43-40-37-34-30-26-23-20-17-14-11-8-5-2/h7,10,16,19,25,28,32-33,58-59,63H,4-6,8-9,11-15,17-18,20-24,26-27,29-31,34-57H2,1-3H3,(H,67,68)/b10-7-,19-16-,28-25-,33-32-. The molecular weight excluding hydrogens is 952 g/mol. The molecule has 0 aliphatic carbocycles. The van der Waals surface area contributed by atoms with Crippen molar-refractivity contribution in [2.75, 3.05) is 26.4 Å². The largest absolute Gasteiger partial charge is 0.472 e. The van der Waals surface area contributed by atoms with Crippen LogP contribution in [0.2, 0.25) is 0 Å². The van der Waals surface area contributed by atoms with Gasteiger partial charge in [-0.05, 0) is 57.8 Å². The fourth-order valence-corrected chi connectivity index (χ4v) is 9.43. The molecule has 0 aliphatic rings. The zero-order valence-corrected chi connectivity index (χ0v) is 48.7. The van der Waals surface area contributed by atoms with E-state index in [9.17, 15) is 28.9 Å². The van der Waals surface area contributed by atoms with Gasteiger partial charge in [0.15, 0.2) is 6.10 Å². The van der Waals surface area contributed by atoms with Gasteiger partial charge >= 0.3 is 25.7 Å². The molecule has 74 heavy (non-hydrogen) atoms. The predicted molar refractivity (Wildman–Crippen MR) is 307 cm³/mol. The van der Waals surface area contributed by atoms with Crippen molar-refractivity contribution in [2.24, 2.45) is 0 Å². The Morgan fingerprint density at radius 1 is 0.392 bits per heavy atom. The number of phosphoric acid groups is 1. The zero-order chi connectivity index (χ0) is 54.1. The normalized spacial score (nSPS) is 13.6. The molecule has 3 atom stereocenters. The molecule has 432 valence electrons. The van der Waals surface area contributed by atoms with Gasteiger partial charge in [0.2, 0.25) is 0 Å². The molecule has 0 bridgehead atoms. The highest BCUT2D eigenvalue weighted by Gasteiger charge is 2.28. The lowest BCUT2D eigenvalue weighted by atomic mass is 10.0. The lowest BCUT2D eigenvalue weighted by molar-refractivity contribution is -0.161. The third-order valence-electron chi connectivity index (χ3n) is 13.3. The van der Waals surface area contributed by atoms with Gasteiger partial charge in [0.25, 0.3) is 0 Å². The van der Waals surface area contributed by atoms with Crippen molar-refractivity contribution in [3.63, 3.8) is 0 Å². The van der Waals surface area contributed by atoms with Crippen molar-refractivity contribution < 1.29 is 52.2 Å². The van der Waals surface area contributed by atoms with Crippen molar-refractivity contribution in [3.8, 4) is 0 Å². The van der Waals surface area contributed by atoms with Crippen molar-refractivity contribution in [2.45, 2.75) is 303 Å². The SMILES string of the molecule is CC/C=C\C/C=C\C/C=C\C/C=C\CCCCCCC(=O)OCC(COP(=O)(O)OCC(CO)OC(=O)CCCCCCCCCCCCCCCCC)OC(=O)CCCCCCCCCCCCCCCCC. The molecule has 0 spiro atoms. The number of carbonyl (C=O) groups excluding carboxylic acids is 3. The Balaban J connectivity index is 4.71. The van der Waals surface area contributed by atoms with Gasteiger partial charge < -0.3 is 24.2 Å². The number of esters is 3. The number of hydrogen-bond donors (Lipinski definition) is 2. The van der Waals surface area contributed by atoms with Crippen LogP contribution in [-0.4, -0.2) is 66.5 Å². The van der Waals surface area contributed by atoms with Gasteiger partial charge in [0.1, 0.15) is 12.7 Å². The van der Waals surface area contributed by atoms with Crippen molar-refractivity contribution >= 4 is 25.7 Å². The van der Waals surface area contributed by atoms with Crippen LogP contribution in [0.4, 0.5) is 0 Å². The number of ether oxygens (including phenoxy) is 3. The lowest BCUT2D eigenvalue weighted by Crippen LogP contribution is -2.30. The second-order valence-corrected chi connectivity index (χ2v) is 22.0. The quantitative estimate of drug-likeness (QED) is 0.0197. The van der Waals surface area contributed by atoms with Crippen LogP contribution in [0.25, 0.3) is 0 Å². The van der Waals surface area contributed by atoms with Gasteiger partial charge in [-0.1, -0.05) is 262 Å². The summed E-state index contributed by atoms with van der Waals surface area (Å²) in [4.78, 5) is 48.6. The highest BCUT2D eigenvalue weighted by molar-refractivity contribution is 7.47. The molecule has 2 N–H and O–H groups in total. The minimum absolute atomic E-state index is 0.167. The monoisotopic (exact) mass is 1060 g/mol. The molecular formula is C62H113O11P. The van der Waals surface area contributed by atoms with Gasteiger partial charge in [-0.15, -0.1) is 0 Å². The fourth-order valence-electron chi connectivity index (χ4n) is 8.64. The Kier molecular flexibility index (Phi) is 54.7. The zero-order valence-electron chi connectivity index (χ0n) is 47.8. The number of hydrogen-bond acceptors (Lipinski definition) is 10. The maximum Gasteiger partial charge on any atom is 0.472 e. The number of phosphoric ester groups is 1. The topological polar surface area (TPSA) is 155 Å². The second-order valence-electron chi connectivity index (χ2n) is 20.5. The maximum absolute atomic E-state index is 12.9. The number of carbonyl (C=O) groups is 3. The van der Waals surface area contributed by atoms with Crippen LogP contribution in [0.1, 0.15) is 290 Å². The molecule has 0 aromatic rings. The number of allylic oxidation sites excluding steroid dienone is 8. The molecule has 0 saturated carbocycles. The Morgan fingerprint density at radius 3 is 1.08 bits per heavy atom. The molecule has 0 saturated heterocycles. The molecule has 11 nitrogen and oxygen atoms in total. The summed E-state index contributed by atoms with van der Waals surface area (Å²) < 4.78 is 39.6. The van der Waals surface area contributed by atoms with Crippen molar-refractivity contribution in [3.05, 3.63) is 48.6 Å². The lowest BCUT2D eigenvalue weighted by Gasteiger charge is -2.21. The van der Waals surface area contributed by atoms with E-state index < -0.39 is 57.8 Å². The van der Waals surface area contributed by atoms with Crippen LogP contribution >= 0.6 is 7.82 Å². The average molecular weight is 1070 g/mol. The van der Waals surface area contributed by atoms with Crippen LogP contribution in [0.3, 0.4) is 0 Å². The van der Waals surface area contributed by atoms with E-state index in [2.05, 4.69) is 69.4 Å². The maximum atomic E-state index is 12.9. The molecule has 0 fully saturated rings. The van der Waals surface area contributed by atoms with Crippen LogP contribution < -0.4 is 0 Å². The van der Waals surface area contributed by atoms with Crippen LogP contribution in [0, 0.1) is 0 Å². The highest BCUT2D eigenvalue weighted by atomic mass is 31.2. The third-order valence-corrected chi connectivity index (χ3v) is 14.2. The number of unbranched alkanes of at least 4 members (excludes halogenated alkanes) is 32. The first-order valence-electron chi connectivity index (χ1n) is 30.5. The van der Waals surface area contributed by atoms with E-state index >= 15 is 0 Å². The summed E-state index contributed by atoms with van der Waals surface area (Å²) in [5.74, 6) is -1.47. The van der Waals surface area contributed by atoms with E-state index in [1.807, 2.05) is 0 Å². The molecule has 0 radical (unpaired) electrons. The highest BCUT2D eigenvalue weighted by Crippen LogP contribution is 2.43. The average Bonchev–Trinajstić information content (AvgIpc) is 3.39. The Hall–Kier alpha value is -2.56. The number of rotatable bonds is 57. The molecule has 0 heterocycles. The van der Waals surface area contributed by atoms with Crippen LogP contribution in [0.15, 0.2) is 48.6 Å². The summed E-state index contributed by atoms with van der Waals surface area (Å²) in [5.41, 5.74) is 0. The van der Waals surface area contributed by atoms with Gasteiger partial charge in [-0.25, -0.2) is 4.57 Å². The Labute approximate surface area is 453 Å². The summed E-state index contributed by atoms with van der Waals surface area (Å²) >= 11 is 0. The van der Waals surface area contributed by atoms with Gasteiger partial charge in [-0.3, -0.25) is 23.4 Å². The summed E-state index contributed by atoms with van der Waals surface area (Å²) in [7, 11) is -4.75. The summed E-state index contributed by atoms with van der Waals surface area (Å²) in [6.07, 6.45) is 60.6. The fraction of sp³-hybridized carbons (Fsp3) is 0.823. The molecule has 0 aromatic carbocycles. The number of aliphatic hydroxyl groups excluding tert-OH is 1. The van der Waals surface area contributed by atoms with Crippen molar-refractivity contribution in [1.29, 1.82) is 0 Å². The predicted octanol–water partition coefficient (Wildman–Crippen LogP) is 18.1. The van der Waals surface area contributed by atoms with E-state index in [0.29, 0.717) is 19.3 Å². The molecule has 0 aliphatic heterocycles. The van der Waals surface area contributed by atoms with Crippen LogP contribution in [-0.2, 0) is 42.2 Å². The van der Waals surface area contributed by atoms with E-state index in [-0.39, 0.29) is 25.9 Å². The first-order valence-corrected chi connectivity index (χ1v) is 32.0. The Bertz CT molecular complexity index is 1430. The van der Waals surface area contributed by atoms with Gasteiger partial charge in [0.05, 0.1) is 19.8 Å². The molecule has 0 rings (SSSR count). The first kappa shape index (κ1) is 71.4. The van der Waals surface area contributed by atoms with E-state index in [1.54, 1.807) is 0 Å². The smallest absolute Gasteiger partial charge is 0.462 e. The second kappa shape index (κ2) is 56.6. The van der Waals surface area contributed by atoms with Gasteiger partial charge in [-0.2, -0.15) is 0 Å². The Morgan fingerprint density at radius 2 is 0.703 bits per heavy atom. The molecule has 0 aromatic heterocycles. The van der Waals surface area contributed by atoms with E-state index in [0.717, 1.165) is 89.9 Å². The summed E-state index contributed by atoms with van der Waals surface area (Å²) in [6, 6.07) is 0. The summed E-state index contributed by atoms with van der Waals surface area (Å²) in [5, 5.41) is 9.83. The van der Waals surface area contributed by atoms with Crippen molar-refractivity contribution in [1.82, 2.24) is 0 Å².